The van der Waals surface area contributed by atoms with Gasteiger partial charge in [-0.1, -0.05) is 5.92 Å². The molecule has 0 radical (unpaired) electrons. The van der Waals surface area contributed by atoms with Crippen molar-refractivity contribution in [3.63, 3.8) is 0 Å². The molecule has 6 nitrogen and oxygen atoms in total. The molecule has 0 aromatic rings. The monoisotopic (exact) mass is 234 g/mol. The van der Waals surface area contributed by atoms with Crippen LogP contribution in [-0.2, 0) is 9.47 Å². The number of ether oxygens (including phenoxy) is 2. The van der Waals surface area contributed by atoms with Crippen molar-refractivity contribution in [1.82, 2.24) is 0 Å². The lowest BCUT2D eigenvalue weighted by Gasteiger charge is -2.27. The zero-order valence-corrected chi connectivity index (χ0v) is 9.11. The SMILES string of the molecule is C#CCOC(OC(CO)[C@@H](C)O)[C@@H](O)CO. The zero-order chi connectivity index (χ0) is 12.6. The molecule has 0 aliphatic heterocycles. The van der Waals surface area contributed by atoms with Crippen LogP contribution in [-0.4, -0.2) is 64.8 Å². The Morgan fingerprint density at radius 1 is 1.25 bits per heavy atom. The minimum absolute atomic E-state index is 0.111. The van der Waals surface area contributed by atoms with E-state index < -0.39 is 37.8 Å². The van der Waals surface area contributed by atoms with Crippen LogP contribution in [0, 0.1) is 12.3 Å². The van der Waals surface area contributed by atoms with E-state index in [-0.39, 0.29) is 6.61 Å². The van der Waals surface area contributed by atoms with Crippen molar-refractivity contribution in [3.8, 4) is 12.3 Å². The highest BCUT2D eigenvalue weighted by Gasteiger charge is 2.26. The van der Waals surface area contributed by atoms with Gasteiger partial charge in [-0.3, -0.25) is 0 Å². The minimum Gasteiger partial charge on any atom is -0.394 e. The third kappa shape index (κ3) is 5.42. The van der Waals surface area contributed by atoms with Gasteiger partial charge in [-0.05, 0) is 6.92 Å². The van der Waals surface area contributed by atoms with Gasteiger partial charge in [0.2, 0.25) is 0 Å². The van der Waals surface area contributed by atoms with Crippen molar-refractivity contribution < 1.29 is 29.9 Å². The van der Waals surface area contributed by atoms with Crippen LogP contribution >= 0.6 is 0 Å². The molecule has 0 heterocycles. The predicted octanol–water partition coefficient (Wildman–Crippen LogP) is -1.93. The molecule has 0 bridgehead atoms. The normalized spacial score (nSPS) is 18.5. The highest BCUT2D eigenvalue weighted by molar-refractivity contribution is 4.83. The van der Waals surface area contributed by atoms with Gasteiger partial charge in [0.1, 0.15) is 18.8 Å². The van der Waals surface area contributed by atoms with Crippen LogP contribution in [0.2, 0.25) is 0 Å². The van der Waals surface area contributed by atoms with Gasteiger partial charge in [0.25, 0.3) is 0 Å². The Kier molecular flexibility index (Phi) is 8.11. The van der Waals surface area contributed by atoms with E-state index in [4.69, 9.17) is 26.1 Å². The summed E-state index contributed by atoms with van der Waals surface area (Å²) < 4.78 is 10.0. The van der Waals surface area contributed by atoms with E-state index in [9.17, 15) is 10.2 Å². The molecule has 0 amide bonds. The van der Waals surface area contributed by atoms with Crippen molar-refractivity contribution in [2.24, 2.45) is 0 Å². The van der Waals surface area contributed by atoms with Gasteiger partial charge in [-0.25, -0.2) is 0 Å². The summed E-state index contributed by atoms with van der Waals surface area (Å²) >= 11 is 0. The topological polar surface area (TPSA) is 99.4 Å². The van der Waals surface area contributed by atoms with E-state index in [0.29, 0.717) is 0 Å². The zero-order valence-electron chi connectivity index (χ0n) is 9.11. The van der Waals surface area contributed by atoms with E-state index in [1.807, 2.05) is 0 Å². The van der Waals surface area contributed by atoms with Crippen LogP contribution in [0.15, 0.2) is 0 Å². The van der Waals surface area contributed by atoms with E-state index in [2.05, 4.69) is 5.92 Å². The third-order valence-electron chi connectivity index (χ3n) is 1.86. The largest absolute Gasteiger partial charge is 0.394 e. The Labute approximate surface area is 94.4 Å². The van der Waals surface area contributed by atoms with Gasteiger partial charge in [0.15, 0.2) is 6.29 Å². The maximum atomic E-state index is 9.34. The summed E-state index contributed by atoms with van der Waals surface area (Å²) in [6.45, 7) is 0.295. The van der Waals surface area contributed by atoms with E-state index in [1.54, 1.807) is 0 Å². The molecule has 0 saturated heterocycles. The number of terminal acetylenes is 1. The fourth-order valence-electron chi connectivity index (χ4n) is 0.939. The molecule has 0 aliphatic carbocycles. The second-order valence-electron chi connectivity index (χ2n) is 3.23. The maximum Gasteiger partial charge on any atom is 0.187 e. The summed E-state index contributed by atoms with van der Waals surface area (Å²) in [5.74, 6) is 2.18. The Hall–Kier alpha value is -0.680. The lowest BCUT2D eigenvalue weighted by molar-refractivity contribution is -0.235. The second kappa shape index (κ2) is 8.47. The van der Waals surface area contributed by atoms with Gasteiger partial charge in [0, 0.05) is 0 Å². The van der Waals surface area contributed by atoms with Crippen LogP contribution in [0.1, 0.15) is 6.92 Å². The van der Waals surface area contributed by atoms with Gasteiger partial charge < -0.3 is 29.9 Å². The maximum absolute atomic E-state index is 9.34. The number of aliphatic hydroxyl groups is 4. The molecule has 0 saturated carbocycles. The molecule has 0 aromatic heterocycles. The summed E-state index contributed by atoms with van der Waals surface area (Å²) in [5, 5.41) is 36.2. The average Bonchev–Trinajstić information content (AvgIpc) is 2.28. The molecule has 2 unspecified atom stereocenters. The third-order valence-corrected chi connectivity index (χ3v) is 1.86. The van der Waals surface area contributed by atoms with Crippen molar-refractivity contribution in [3.05, 3.63) is 0 Å². The second-order valence-corrected chi connectivity index (χ2v) is 3.23. The molecule has 94 valence electrons. The summed E-state index contributed by atoms with van der Waals surface area (Å²) in [4.78, 5) is 0. The molecule has 0 fully saturated rings. The number of aliphatic hydroxyl groups excluding tert-OH is 4. The van der Waals surface area contributed by atoms with Crippen LogP contribution < -0.4 is 0 Å². The first-order valence-electron chi connectivity index (χ1n) is 4.85. The van der Waals surface area contributed by atoms with Gasteiger partial charge in [-0.2, -0.15) is 0 Å². The Morgan fingerprint density at radius 2 is 1.88 bits per heavy atom. The Morgan fingerprint density at radius 3 is 2.25 bits per heavy atom. The molecule has 6 heteroatoms. The predicted molar refractivity (Wildman–Crippen MR) is 55.3 cm³/mol. The average molecular weight is 234 g/mol. The van der Waals surface area contributed by atoms with Gasteiger partial charge in [-0.15, -0.1) is 6.42 Å². The first-order chi connectivity index (χ1) is 7.56. The molecule has 16 heavy (non-hydrogen) atoms. The van der Waals surface area contributed by atoms with Gasteiger partial charge >= 0.3 is 0 Å². The van der Waals surface area contributed by atoms with Gasteiger partial charge in [0.05, 0.1) is 19.3 Å². The van der Waals surface area contributed by atoms with E-state index in [0.717, 1.165) is 0 Å². The lowest BCUT2D eigenvalue weighted by atomic mass is 10.2. The molecule has 0 aliphatic rings. The minimum atomic E-state index is -1.29. The Bertz CT molecular complexity index is 212. The van der Waals surface area contributed by atoms with E-state index >= 15 is 0 Å². The molecule has 4 atom stereocenters. The molecule has 0 rings (SSSR count). The van der Waals surface area contributed by atoms with Crippen molar-refractivity contribution >= 4 is 0 Å². The quantitative estimate of drug-likeness (QED) is 0.288. The van der Waals surface area contributed by atoms with Crippen molar-refractivity contribution in [2.45, 2.75) is 31.5 Å². The smallest absolute Gasteiger partial charge is 0.187 e. The Balaban J connectivity index is 4.34. The van der Waals surface area contributed by atoms with Crippen molar-refractivity contribution in [2.75, 3.05) is 19.8 Å². The van der Waals surface area contributed by atoms with Crippen LogP contribution in [0.4, 0.5) is 0 Å². The summed E-state index contributed by atoms with van der Waals surface area (Å²) in [6, 6.07) is 0. The lowest BCUT2D eigenvalue weighted by Crippen LogP contribution is -2.42. The number of hydrogen-bond acceptors (Lipinski definition) is 6. The van der Waals surface area contributed by atoms with Crippen LogP contribution in [0.5, 0.6) is 0 Å². The fourth-order valence-corrected chi connectivity index (χ4v) is 0.939. The molecular formula is C10H18O6. The summed E-state index contributed by atoms with van der Waals surface area (Å²) in [7, 11) is 0. The number of hydrogen-bond donors (Lipinski definition) is 4. The molecular weight excluding hydrogens is 216 g/mol. The van der Waals surface area contributed by atoms with Crippen LogP contribution in [0.3, 0.4) is 0 Å². The van der Waals surface area contributed by atoms with Crippen molar-refractivity contribution in [1.29, 1.82) is 0 Å². The molecule has 4 N–H and O–H groups in total. The first kappa shape index (κ1) is 15.3. The summed E-state index contributed by atoms with van der Waals surface area (Å²) in [6.07, 6.45) is 0.640. The highest BCUT2D eigenvalue weighted by atomic mass is 16.7. The highest BCUT2D eigenvalue weighted by Crippen LogP contribution is 2.08. The fraction of sp³-hybridized carbons (Fsp3) is 0.800. The molecule has 0 spiro atoms. The molecule has 0 aromatic carbocycles. The first-order valence-corrected chi connectivity index (χ1v) is 4.85. The van der Waals surface area contributed by atoms with E-state index in [1.165, 1.54) is 6.92 Å². The number of rotatable bonds is 8. The summed E-state index contributed by atoms with van der Waals surface area (Å²) in [5.41, 5.74) is 0. The van der Waals surface area contributed by atoms with Crippen LogP contribution in [0.25, 0.3) is 0 Å². The standard InChI is InChI=1S/C10H18O6/c1-3-4-15-10(8(14)5-11)16-9(6-12)7(2)13/h1,7-14H,4-6H2,2H3/t7-,8+,9?,10?/m1/s1.